The number of phenolic OH excluding ortho intramolecular Hbond substituents is 2. The van der Waals surface area contributed by atoms with E-state index in [-0.39, 0.29) is 28.6 Å². The molecular weight excluding hydrogens is 362 g/mol. The maximum atomic E-state index is 12.4. The van der Waals surface area contributed by atoms with E-state index in [1.165, 1.54) is 6.07 Å². The number of allylic oxidation sites excluding steroid dienone is 1. The molecule has 0 fully saturated rings. The second kappa shape index (κ2) is 4.89. The van der Waals surface area contributed by atoms with Gasteiger partial charge in [0.2, 0.25) is 5.78 Å². The number of carbonyl (C=O) groups is 1. The van der Waals surface area contributed by atoms with Crippen LogP contribution in [0.2, 0.25) is 0 Å². The van der Waals surface area contributed by atoms with Gasteiger partial charge in [-0.05, 0) is 18.2 Å². The van der Waals surface area contributed by atoms with Crippen LogP contribution in [-0.4, -0.2) is 21.0 Å². The summed E-state index contributed by atoms with van der Waals surface area (Å²) in [5.74, 6) is -0.612. The maximum Gasteiger partial charge on any atom is 0.235 e. The summed E-state index contributed by atoms with van der Waals surface area (Å²) >= 11 is 3.41. The number of ether oxygens (including phenoxy) is 1. The van der Waals surface area contributed by atoms with E-state index >= 15 is 0 Å². The summed E-state index contributed by atoms with van der Waals surface area (Å²) in [5.41, 5.74) is 1.79. The van der Waals surface area contributed by atoms with E-state index in [9.17, 15) is 15.0 Å². The number of hydrogen-bond acceptors (Lipinski definition) is 4. The van der Waals surface area contributed by atoms with Gasteiger partial charge in [0.05, 0.1) is 0 Å². The lowest BCUT2D eigenvalue weighted by Crippen LogP contribution is -1.98. The number of rotatable bonds is 1. The molecule has 23 heavy (non-hydrogen) atoms. The molecule has 0 radical (unpaired) electrons. The number of nitrogens with one attached hydrogen (secondary N) is 1. The molecule has 0 atom stereocenters. The predicted molar refractivity (Wildman–Crippen MR) is 88.7 cm³/mol. The average molecular weight is 372 g/mol. The van der Waals surface area contributed by atoms with Gasteiger partial charge in [0, 0.05) is 39.3 Å². The Morgan fingerprint density at radius 2 is 2.00 bits per heavy atom. The molecule has 3 aromatic rings. The smallest absolute Gasteiger partial charge is 0.235 e. The molecular formula is C17H10BrNO4. The first kappa shape index (κ1) is 13.9. The SMILES string of the molecule is O=C1/C(=C\c2c[nH]c3cc(Br)ccc23)Oc2cc(O)cc(O)c21. The van der Waals surface area contributed by atoms with Crippen LogP contribution in [0.1, 0.15) is 15.9 Å². The van der Waals surface area contributed by atoms with Crippen molar-refractivity contribution in [3.8, 4) is 17.2 Å². The lowest BCUT2D eigenvalue weighted by atomic mass is 10.1. The van der Waals surface area contributed by atoms with Gasteiger partial charge in [0.25, 0.3) is 0 Å². The fourth-order valence-electron chi connectivity index (χ4n) is 2.66. The van der Waals surface area contributed by atoms with Crippen molar-refractivity contribution in [3.05, 3.63) is 57.9 Å². The van der Waals surface area contributed by atoms with Crippen LogP contribution in [0.4, 0.5) is 0 Å². The summed E-state index contributed by atoms with van der Waals surface area (Å²) in [6.07, 6.45) is 3.40. The third-order valence-corrected chi connectivity index (χ3v) is 4.19. The molecule has 0 saturated carbocycles. The molecule has 0 amide bonds. The molecule has 6 heteroatoms. The largest absolute Gasteiger partial charge is 0.508 e. The van der Waals surface area contributed by atoms with Crippen LogP contribution >= 0.6 is 15.9 Å². The number of ketones is 1. The topological polar surface area (TPSA) is 82.6 Å². The minimum absolute atomic E-state index is 0.0663. The summed E-state index contributed by atoms with van der Waals surface area (Å²) in [4.78, 5) is 15.5. The Hall–Kier alpha value is -2.73. The number of aromatic amines is 1. The van der Waals surface area contributed by atoms with Gasteiger partial charge in [-0.3, -0.25) is 4.79 Å². The number of aromatic nitrogens is 1. The number of hydrogen-bond donors (Lipinski definition) is 3. The quantitative estimate of drug-likeness (QED) is 0.565. The van der Waals surface area contributed by atoms with Crippen LogP contribution in [0, 0.1) is 0 Å². The Balaban J connectivity index is 1.81. The summed E-state index contributed by atoms with van der Waals surface area (Å²) in [6.45, 7) is 0. The Bertz CT molecular complexity index is 1000. The molecule has 0 saturated heterocycles. The third-order valence-electron chi connectivity index (χ3n) is 3.70. The van der Waals surface area contributed by atoms with Crippen LogP contribution in [0.5, 0.6) is 17.2 Å². The summed E-state index contributed by atoms with van der Waals surface area (Å²) in [7, 11) is 0. The second-order valence-corrected chi connectivity index (χ2v) is 6.13. The molecule has 0 bridgehead atoms. The molecule has 5 nitrogen and oxygen atoms in total. The first-order chi connectivity index (χ1) is 11.0. The van der Waals surface area contributed by atoms with Gasteiger partial charge in [0.1, 0.15) is 22.8 Å². The zero-order chi connectivity index (χ0) is 16.1. The van der Waals surface area contributed by atoms with E-state index in [0.29, 0.717) is 0 Å². The van der Waals surface area contributed by atoms with Gasteiger partial charge in [-0.2, -0.15) is 0 Å². The molecule has 2 aromatic carbocycles. The highest BCUT2D eigenvalue weighted by Gasteiger charge is 2.31. The van der Waals surface area contributed by atoms with Crippen molar-refractivity contribution in [3.63, 3.8) is 0 Å². The van der Waals surface area contributed by atoms with Crippen molar-refractivity contribution in [2.45, 2.75) is 0 Å². The van der Waals surface area contributed by atoms with Crippen molar-refractivity contribution >= 4 is 38.7 Å². The first-order valence-corrected chi connectivity index (χ1v) is 7.59. The fraction of sp³-hybridized carbons (Fsp3) is 0. The number of aromatic hydroxyl groups is 2. The van der Waals surface area contributed by atoms with E-state index in [1.807, 2.05) is 18.2 Å². The molecule has 0 spiro atoms. The molecule has 1 aliphatic heterocycles. The second-order valence-electron chi connectivity index (χ2n) is 5.21. The highest BCUT2D eigenvalue weighted by Crippen LogP contribution is 2.40. The van der Waals surface area contributed by atoms with Crippen LogP contribution in [0.25, 0.3) is 17.0 Å². The van der Waals surface area contributed by atoms with Crippen molar-refractivity contribution in [2.75, 3.05) is 0 Å². The molecule has 4 rings (SSSR count). The Labute approximate surface area is 139 Å². The Kier molecular flexibility index (Phi) is 2.96. The van der Waals surface area contributed by atoms with Gasteiger partial charge in [0.15, 0.2) is 5.76 Å². The number of benzene rings is 2. The van der Waals surface area contributed by atoms with Crippen molar-refractivity contribution < 1.29 is 19.7 Å². The van der Waals surface area contributed by atoms with Crippen LogP contribution in [-0.2, 0) is 0 Å². The molecule has 0 unspecified atom stereocenters. The molecule has 114 valence electrons. The van der Waals surface area contributed by atoms with Gasteiger partial charge in [-0.25, -0.2) is 0 Å². The molecule has 1 aromatic heterocycles. The van der Waals surface area contributed by atoms with Crippen LogP contribution < -0.4 is 4.74 Å². The Morgan fingerprint density at radius 1 is 1.17 bits per heavy atom. The average Bonchev–Trinajstić information content (AvgIpc) is 3.01. The minimum atomic E-state index is -0.413. The van der Waals surface area contributed by atoms with E-state index in [2.05, 4.69) is 20.9 Å². The molecule has 2 heterocycles. The van der Waals surface area contributed by atoms with Crippen LogP contribution in [0.15, 0.2) is 46.8 Å². The van der Waals surface area contributed by atoms with Gasteiger partial charge in [-0.1, -0.05) is 22.0 Å². The summed E-state index contributed by atoms with van der Waals surface area (Å²) < 4.78 is 6.45. The lowest BCUT2D eigenvalue weighted by Gasteiger charge is -2.00. The van der Waals surface area contributed by atoms with E-state index in [1.54, 1.807) is 12.3 Å². The molecule has 3 N–H and O–H groups in total. The zero-order valence-electron chi connectivity index (χ0n) is 11.6. The van der Waals surface area contributed by atoms with Crippen molar-refractivity contribution in [1.29, 1.82) is 0 Å². The van der Waals surface area contributed by atoms with E-state index < -0.39 is 5.78 Å². The molecule has 1 aliphatic rings. The first-order valence-electron chi connectivity index (χ1n) is 6.80. The number of carbonyl (C=O) groups excluding carboxylic acids is 1. The number of H-pyrrole nitrogens is 1. The van der Waals surface area contributed by atoms with Crippen LogP contribution in [0.3, 0.4) is 0 Å². The monoisotopic (exact) mass is 371 g/mol. The minimum Gasteiger partial charge on any atom is -0.508 e. The van der Waals surface area contributed by atoms with Gasteiger partial charge < -0.3 is 19.9 Å². The standard InChI is InChI=1S/C17H10BrNO4/c18-9-1-2-11-8(7-19-12(11)4-9)3-15-17(22)16-13(21)5-10(20)6-14(16)23-15/h1-7,19-21H/b15-3+. The predicted octanol–water partition coefficient (Wildman–Crippen LogP) is 3.96. The van der Waals surface area contributed by atoms with E-state index in [4.69, 9.17) is 4.74 Å². The zero-order valence-corrected chi connectivity index (χ0v) is 13.2. The summed E-state index contributed by atoms with van der Waals surface area (Å²) in [5, 5.41) is 20.3. The number of fused-ring (bicyclic) bond motifs is 2. The highest BCUT2D eigenvalue weighted by atomic mass is 79.9. The maximum absolute atomic E-state index is 12.4. The van der Waals surface area contributed by atoms with E-state index in [0.717, 1.165) is 27.0 Å². The number of phenols is 2. The van der Waals surface area contributed by atoms with Gasteiger partial charge in [-0.15, -0.1) is 0 Å². The highest BCUT2D eigenvalue weighted by molar-refractivity contribution is 9.10. The fourth-order valence-corrected chi connectivity index (χ4v) is 3.02. The normalized spacial score (nSPS) is 15.2. The van der Waals surface area contributed by atoms with Crippen molar-refractivity contribution in [2.24, 2.45) is 0 Å². The van der Waals surface area contributed by atoms with Gasteiger partial charge >= 0.3 is 0 Å². The third kappa shape index (κ3) is 2.19. The number of halogens is 1. The summed E-state index contributed by atoms with van der Waals surface area (Å²) in [6, 6.07) is 8.20. The Morgan fingerprint density at radius 3 is 2.83 bits per heavy atom. The van der Waals surface area contributed by atoms with Crippen molar-refractivity contribution in [1.82, 2.24) is 4.98 Å². The number of Topliss-reactive ketones (excluding diaryl/α,β-unsaturated/α-hetero) is 1. The lowest BCUT2D eigenvalue weighted by molar-refractivity contribution is 0.101. The molecule has 0 aliphatic carbocycles.